The van der Waals surface area contributed by atoms with Crippen molar-refractivity contribution >= 4 is 17.2 Å². The third-order valence-electron chi connectivity index (χ3n) is 7.82. The third-order valence-corrected chi connectivity index (χ3v) is 7.82. The highest BCUT2D eigenvalue weighted by Crippen LogP contribution is 2.36. The molecule has 0 spiro atoms. The lowest BCUT2D eigenvalue weighted by molar-refractivity contribution is 0.0773. The number of benzene rings is 2. The van der Waals surface area contributed by atoms with Crippen molar-refractivity contribution in [3.63, 3.8) is 0 Å². The topological polar surface area (TPSA) is 44.4 Å². The van der Waals surface area contributed by atoms with Crippen molar-refractivity contribution in [3.05, 3.63) is 70.8 Å². The number of rotatable bonds is 9. The lowest BCUT2D eigenvalue weighted by Gasteiger charge is -2.25. The van der Waals surface area contributed by atoms with E-state index in [1.54, 1.807) is 0 Å². The summed E-state index contributed by atoms with van der Waals surface area (Å²) in [5.74, 6) is 0.990. The van der Waals surface area contributed by atoms with E-state index in [0.717, 1.165) is 57.0 Å². The highest BCUT2D eigenvalue weighted by molar-refractivity contribution is 5.95. The molecule has 0 unspecified atom stereocenters. The van der Waals surface area contributed by atoms with Gasteiger partial charge >= 0.3 is 0 Å². The van der Waals surface area contributed by atoms with Gasteiger partial charge in [-0.15, -0.1) is 0 Å². The minimum absolute atomic E-state index is 0.113. The first-order chi connectivity index (χ1) is 17.2. The smallest absolute Gasteiger partial charge is 0.253 e. The molecule has 1 aliphatic heterocycles. The van der Waals surface area contributed by atoms with Crippen LogP contribution >= 0.6 is 0 Å². The Kier molecular flexibility index (Phi) is 9.42. The van der Waals surface area contributed by atoms with Crippen molar-refractivity contribution in [1.29, 1.82) is 0 Å². The molecule has 2 fully saturated rings. The van der Waals surface area contributed by atoms with Gasteiger partial charge in [0, 0.05) is 36.4 Å². The summed E-state index contributed by atoms with van der Waals surface area (Å²) >= 11 is 0. The Morgan fingerprint density at radius 2 is 1.57 bits per heavy atom. The zero-order chi connectivity index (χ0) is 24.5. The number of piperidine rings is 1. The summed E-state index contributed by atoms with van der Waals surface area (Å²) in [6, 6.07) is 17.1. The van der Waals surface area contributed by atoms with Gasteiger partial charge in [0.15, 0.2) is 0 Å². The van der Waals surface area contributed by atoms with Crippen molar-refractivity contribution in [2.75, 3.05) is 38.0 Å². The molecule has 2 aromatic rings. The summed E-state index contributed by atoms with van der Waals surface area (Å²) in [4.78, 5) is 14.7. The van der Waals surface area contributed by atoms with Crippen molar-refractivity contribution in [3.8, 4) is 0 Å². The summed E-state index contributed by atoms with van der Waals surface area (Å²) in [5, 5.41) is 7.31. The molecular weight excluding hydrogens is 430 g/mol. The zero-order valence-corrected chi connectivity index (χ0v) is 21.7. The van der Waals surface area contributed by atoms with E-state index in [1.165, 1.54) is 66.5 Å². The van der Waals surface area contributed by atoms with Gasteiger partial charge in [-0.2, -0.15) is 0 Å². The monoisotopic (exact) mass is 473 g/mol. The van der Waals surface area contributed by atoms with Crippen molar-refractivity contribution < 1.29 is 4.79 Å². The maximum Gasteiger partial charge on any atom is 0.253 e. The second kappa shape index (κ2) is 12.9. The fourth-order valence-electron chi connectivity index (χ4n) is 5.74. The lowest BCUT2D eigenvalue weighted by Crippen LogP contribution is -2.30. The van der Waals surface area contributed by atoms with E-state index in [-0.39, 0.29) is 5.91 Å². The molecule has 4 nitrogen and oxygen atoms in total. The summed E-state index contributed by atoms with van der Waals surface area (Å²) in [6.07, 6.45) is 10.4. The summed E-state index contributed by atoms with van der Waals surface area (Å²) in [5.41, 5.74) is 7.34. The van der Waals surface area contributed by atoms with Gasteiger partial charge in [-0.3, -0.25) is 4.79 Å². The SMILES string of the molecule is CCN(CC)C(=O)c1ccc(C(=C2CCNCC2)c2ccccc2NCCC2CCCCC2)cc1. The van der Waals surface area contributed by atoms with E-state index in [2.05, 4.69) is 47.0 Å². The Morgan fingerprint density at radius 1 is 0.914 bits per heavy atom. The van der Waals surface area contributed by atoms with Crippen LogP contribution in [0.2, 0.25) is 0 Å². The molecule has 1 aliphatic carbocycles. The third kappa shape index (κ3) is 6.55. The molecule has 35 heavy (non-hydrogen) atoms. The van der Waals surface area contributed by atoms with Crippen molar-refractivity contribution in [1.82, 2.24) is 10.2 Å². The molecule has 1 heterocycles. The Balaban J connectivity index is 1.60. The summed E-state index contributed by atoms with van der Waals surface area (Å²) in [6.45, 7) is 8.62. The average molecular weight is 474 g/mol. The van der Waals surface area contributed by atoms with Crippen molar-refractivity contribution in [2.45, 2.75) is 65.2 Å². The number of nitrogens with one attached hydrogen (secondary N) is 2. The van der Waals surface area contributed by atoms with Crippen LogP contribution in [0.5, 0.6) is 0 Å². The van der Waals surface area contributed by atoms with Gasteiger partial charge in [0.25, 0.3) is 5.91 Å². The quantitative estimate of drug-likeness (QED) is 0.424. The highest BCUT2D eigenvalue weighted by Gasteiger charge is 2.19. The number of carbonyl (C=O) groups excluding carboxylic acids is 1. The van der Waals surface area contributed by atoms with E-state index in [0.29, 0.717) is 0 Å². The first kappa shape index (κ1) is 25.5. The molecule has 0 atom stereocenters. The number of amides is 1. The van der Waals surface area contributed by atoms with Crippen LogP contribution < -0.4 is 10.6 Å². The Labute approximate surface area is 212 Å². The summed E-state index contributed by atoms with van der Waals surface area (Å²) in [7, 11) is 0. The number of para-hydroxylation sites is 1. The van der Waals surface area contributed by atoms with Crippen LogP contribution in [-0.4, -0.2) is 43.5 Å². The molecule has 4 heteroatoms. The van der Waals surface area contributed by atoms with Gasteiger partial charge in [0.05, 0.1) is 0 Å². The van der Waals surface area contributed by atoms with E-state index in [9.17, 15) is 4.79 Å². The number of anilines is 1. The largest absolute Gasteiger partial charge is 0.385 e. The number of hydrogen-bond donors (Lipinski definition) is 2. The van der Waals surface area contributed by atoms with Gasteiger partial charge < -0.3 is 15.5 Å². The molecule has 1 saturated heterocycles. The predicted octanol–water partition coefficient (Wildman–Crippen LogP) is 6.74. The second-order valence-electron chi connectivity index (χ2n) is 10.0. The maximum atomic E-state index is 12.9. The van der Waals surface area contributed by atoms with E-state index in [4.69, 9.17) is 0 Å². The normalized spacial score (nSPS) is 16.7. The van der Waals surface area contributed by atoms with Gasteiger partial charge in [-0.25, -0.2) is 0 Å². The fraction of sp³-hybridized carbons (Fsp3) is 0.516. The molecule has 2 aromatic carbocycles. The highest BCUT2D eigenvalue weighted by atomic mass is 16.2. The number of nitrogens with zero attached hydrogens (tertiary/aromatic N) is 1. The fourth-order valence-corrected chi connectivity index (χ4v) is 5.74. The molecule has 2 aliphatic rings. The van der Waals surface area contributed by atoms with Crippen LogP contribution in [0.15, 0.2) is 54.1 Å². The van der Waals surface area contributed by atoms with Crippen LogP contribution in [-0.2, 0) is 0 Å². The van der Waals surface area contributed by atoms with Gasteiger partial charge in [0.1, 0.15) is 0 Å². The molecule has 0 radical (unpaired) electrons. The molecule has 188 valence electrons. The average Bonchev–Trinajstić information content (AvgIpc) is 2.92. The molecule has 1 saturated carbocycles. The molecule has 0 aromatic heterocycles. The van der Waals surface area contributed by atoms with Crippen molar-refractivity contribution in [2.24, 2.45) is 5.92 Å². The van der Waals surface area contributed by atoms with Crippen LogP contribution in [0.1, 0.15) is 86.7 Å². The lowest BCUT2D eigenvalue weighted by atomic mass is 9.86. The first-order valence-corrected chi connectivity index (χ1v) is 13.9. The minimum atomic E-state index is 0.113. The van der Waals surface area contributed by atoms with Crippen LogP contribution in [0.4, 0.5) is 5.69 Å². The molecular formula is C31H43N3O. The van der Waals surface area contributed by atoms with Crippen LogP contribution in [0.25, 0.3) is 5.57 Å². The predicted molar refractivity (Wildman–Crippen MR) is 148 cm³/mol. The zero-order valence-electron chi connectivity index (χ0n) is 21.7. The Morgan fingerprint density at radius 3 is 2.26 bits per heavy atom. The Hall–Kier alpha value is -2.59. The van der Waals surface area contributed by atoms with E-state index >= 15 is 0 Å². The number of hydrogen-bond acceptors (Lipinski definition) is 3. The number of carbonyl (C=O) groups is 1. The molecule has 4 rings (SSSR count). The maximum absolute atomic E-state index is 12.9. The summed E-state index contributed by atoms with van der Waals surface area (Å²) < 4.78 is 0. The van der Waals surface area contributed by atoms with Crippen LogP contribution in [0.3, 0.4) is 0 Å². The minimum Gasteiger partial charge on any atom is -0.385 e. The van der Waals surface area contributed by atoms with Gasteiger partial charge in [-0.1, -0.05) is 68.0 Å². The molecule has 1 amide bonds. The van der Waals surface area contributed by atoms with E-state index in [1.807, 2.05) is 30.9 Å². The van der Waals surface area contributed by atoms with Gasteiger partial charge in [0.2, 0.25) is 0 Å². The molecule has 0 bridgehead atoms. The Bertz CT molecular complexity index is 977. The second-order valence-corrected chi connectivity index (χ2v) is 10.0. The van der Waals surface area contributed by atoms with E-state index < -0.39 is 0 Å². The van der Waals surface area contributed by atoms with Gasteiger partial charge in [-0.05, 0) is 81.5 Å². The van der Waals surface area contributed by atoms with Crippen LogP contribution in [0, 0.1) is 5.92 Å². The molecule has 2 N–H and O–H groups in total. The first-order valence-electron chi connectivity index (χ1n) is 13.9. The standard InChI is InChI=1S/C31H43N3O/c1-3-34(4-2)31(35)27-16-14-25(15-17-27)30(26-19-21-32-22-20-26)28-12-8-9-13-29(28)33-23-18-24-10-6-5-7-11-24/h8-9,12-17,24,32-33H,3-7,10-11,18-23H2,1-2H3.